The number of fused-ring (bicyclic) bond motifs is 1. The zero-order valence-electron chi connectivity index (χ0n) is 26.3. The van der Waals surface area contributed by atoms with Crippen LogP contribution < -0.4 is 4.74 Å². The number of aliphatic hydroxyl groups is 1. The molecule has 2 aromatic carbocycles. The number of carbonyl (C=O) groups excluding carboxylic acids is 3. The molecule has 8 heteroatoms. The minimum absolute atomic E-state index is 0.146. The van der Waals surface area contributed by atoms with Crippen molar-refractivity contribution in [2.75, 3.05) is 26.2 Å². The lowest BCUT2D eigenvalue weighted by Crippen LogP contribution is -2.35. The summed E-state index contributed by atoms with van der Waals surface area (Å²) in [7, 11) is 0. The zero-order valence-corrected chi connectivity index (χ0v) is 26.3. The molecule has 230 valence electrons. The van der Waals surface area contributed by atoms with E-state index in [2.05, 4.69) is 0 Å². The van der Waals surface area contributed by atoms with Crippen LogP contribution in [0.25, 0.3) is 5.57 Å². The van der Waals surface area contributed by atoms with Crippen molar-refractivity contribution in [2.45, 2.75) is 79.6 Å². The fourth-order valence-corrected chi connectivity index (χ4v) is 5.68. The maximum atomic E-state index is 14.1. The minimum atomic E-state index is -0.919. The zero-order chi connectivity index (χ0) is 31.3. The quantitative estimate of drug-likeness (QED) is 0.211. The molecule has 43 heavy (non-hydrogen) atoms. The summed E-state index contributed by atoms with van der Waals surface area (Å²) < 4.78 is 11.4. The summed E-state index contributed by atoms with van der Waals surface area (Å²) in [6, 6.07) is 9.33. The van der Waals surface area contributed by atoms with Crippen LogP contribution in [-0.2, 0) is 27.5 Å². The Hall–Kier alpha value is -3.91. The number of hydrogen-bond donors (Lipinski definition) is 1. The molecule has 1 atom stereocenters. The largest absolute Gasteiger partial charge is 0.489 e. The average molecular weight is 589 g/mol. The molecule has 0 spiro atoms. The smallest absolute Gasteiger partial charge is 0.338 e. The highest BCUT2D eigenvalue weighted by Crippen LogP contribution is 2.31. The molecule has 2 aromatic rings. The van der Waals surface area contributed by atoms with Crippen molar-refractivity contribution in [2.24, 2.45) is 0 Å². The number of carbonyl (C=O) groups is 3. The Morgan fingerprint density at radius 1 is 1.16 bits per heavy atom. The maximum absolute atomic E-state index is 14.1. The van der Waals surface area contributed by atoms with E-state index in [1.54, 1.807) is 28.9 Å². The number of ether oxygens (including phenoxy) is 2. The first-order valence-corrected chi connectivity index (χ1v) is 15.2. The molecule has 8 nitrogen and oxygen atoms in total. The maximum Gasteiger partial charge on any atom is 0.338 e. The molecule has 0 aromatic heterocycles. The lowest BCUT2D eigenvalue weighted by Gasteiger charge is -2.24. The first-order valence-electron chi connectivity index (χ1n) is 15.2. The first kappa shape index (κ1) is 32.0. The third-order valence-corrected chi connectivity index (χ3v) is 8.27. The molecule has 1 unspecified atom stereocenters. The van der Waals surface area contributed by atoms with Crippen LogP contribution in [0.5, 0.6) is 5.75 Å². The van der Waals surface area contributed by atoms with Crippen molar-refractivity contribution in [1.29, 1.82) is 0 Å². The molecule has 0 aliphatic carbocycles. The van der Waals surface area contributed by atoms with Crippen LogP contribution in [0, 0.1) is 13.8 Å². The Morgan fingerprint density at radius 2 is 1.93 bits per heavy atom. The van der Waals surface area contributed by atoms with Crippen LogP contribution in [0.15, 0.2) is 48.1 Å². The molecule has 2 amide bonds. The second-order valence-corrected chi connectivity index (χ2v) is 11.7. The number of allylic oxidation sites excluding steroid dienone is 1. The molecule has 1 fully saturated rings. The van der Waals surface area contributed by atoms with Gasteiger partial charge in [-0.25, -0.2) is 4.79 Å². The Labute approximate surface area is 255 Å². The SMILES string of the molecule is CC/C=C(/C=C(/C(=O)N(CC)CCC)c1cc(OCc2ccc3c(c2C)COC3=O)ccc1C)C(=O)N1CCC(C)(O)C1. The summed E-state index contributed by atoms with van der Waals surface area (Å²) in [5, 5.41) is 10.5. The highest BCUT2D eigenvalue weighted by atomic mass is 16.5. The number of β-amino-alcohol motifs (C(OH)–C–C–N with tert-alkyl or cyclic N) is 1. The molecule has 2 heterocycles. The topological polar surface area (TPSA) is 96.4 Å². The number of hydrogen-bond acceptors (Lipinski definition) is 6. The van der Waals surface area contributed by atoms with Gasteiger partial charge in [0.15, 0.2) is 0 Å². The van der Waals surface area contributed by atoms with Crippen LogP contribution >= 0.6 is 0 Å². The predicted octanol–water partition coefficient (Wildman–Crippen LogP) is 5.51. The van der Waals surface area contributed by atoms with Crippen LogP contribution in [0.3, 0.4) is 0 Å². The van der Waals surface area contributed by atoms with Gasteiger partial charge in [-0.05, 0) is 93.5 Å². The number of nitrogens with zero attached hydrogens (tertiary/aromatic N) is 2. The lowest BCUT2D eigenvalue weighted by atomic mass is 9.96. The van der Waals surface area contributed by atoms with Crippen LogP contribution in [0.2, 0.25) is 0 Å². The average Bonchev–Trinajstić information content (AvgIpc) is 3.55. The number of likely N-dealkylation sites (tertiary alicyclic amines) is 1. The second kappa shape index (κ2) is 13.6. The van der Waals surface area contributed by atoms with Crippen LogP contribution in [0.4, 0.5) is 0 Å². The number of amides is 2. The van der Waals surface area contributed by atoms with Crippen molar-refractivity contribution >= 4 is 23.4 Å². The van der Waals surface area contributed by atoms with E-state index >= 15 is 0 Å². The van der Waals surface area contributed by atoms with E-state index in [1.807, 2.05) is 65.0 Å². The van der Waals surface area contributed by atoms with Gasteiger partial charge in [0.05, 0.1) is 11.2 Å². The monoisotopic (exact) mass is 588 g/mol. The Bertz CT molecular complexity index is 1450. The summed E-state index contributed by atoms with van der Waals surface area (Å²) in [5.74, 6) is -0.0463. The number of likely N-dealkylation sites (N-methyl/N-ethyl adjacent to an activating group) is 1. The number of benzene rings is 2. The van der Waals surface area contributed by atoms with E-state index in [0.717, 1.165) is 28.7 Å². The van der Waals surface area contributed by atoms with Gasteiger partial charge in [-0.15, -0.1) is 0 Å². The molecular formula is C35H44N2O6. The summed E-state index contributed by atoms with van der Waals surface area (Å²) in [5.41, 5.74) is 4.95. The van der Waals surface area contributed by atoms with Gasteiger partial charge in [0.2, 0.25) is 0 Å². The van der Waals surface area contributed by atoms with E-state index in [9.17, 15) is 19.5 Å². The molecule has 1 N–H and O–H groups in total. The summed E-state index contributed by atoms with van der Waals surface area (Å²) >= 11 is 0. The van der Waals surface area contributed by atoms with Crippen LogP contribution in [-0.4, -0.2) is 64.5 Å². The van der Waals surface area contributed by atoms with Gasteiger partial charge in [-0.3, -0.25) is 9.59 Å². The van der Waals surface area contributed by atoms with Gasteiger partial charge in [0.25, 0.3) is 11.8 Å². The van der Waals surface area contributed by atoms with Crippen molar-refractivity contribution < 1.29 is 29.0 Å². The van der Waals surface area contributed by atoms with Crippen molar-refractivity contribution in [3.05, 3.63) is 81.4 Å². The molecule has 2 aliphatic heterocycles. The molecule has 0 saturated carbocycles. The van der Waals surface area contributed by atoms with Crippen molar-refractivity contribution in [3.63, 3.8) is 0 Å². The number of aryl methyl sites for hydroxylation is 1. The number of cyclic esters (lactones) is 1. The lowest BCUT2D eigenvalue weighted by molar-refractivity contribution is -0.126. The minimum Gasteiger partial charge on any atom is -0.489 e. The summed E-state index contributed by atoms with van der Waals surface area (Å²) in [6.45, 7) is 14.0. The van der Waals surface area contributed by atoms with Crippen molar-refractivity contribution in [3.8, 4) is 5.75 Å². The van der Waals surface area contributed by atoms with E-state index < -0.39 is 5.60 Å². The Morgan fingerprint density at radius 3 is 2.58 bits per heavy atom. The Balaban J connectivity index is 1.70. The third-order valence-electron chi connectivity index (χ3n) is 8.27. The molecule has 0 bridgehead atoms. The van der Waals surface area contributed by atoms with E-state index in [1.165, 1.54) is 0 Å². The van der Waals surface area contributed by atoms with Gasteiger partial charge >= 0.3 is 5.97 Å². The fraction of sp³-hybridized carbons (Fsp3) is 0.457. The van der Waals surface area contributed by atoms with Gasteiger partial charge in [0, 0.05) is 42.9 Å². The highest BCUT2D eigenvalue weighted by Gasteiger charge is 2.35. The predicted molar refractivity (Wildman–Crippen MR) is 167 cm³/mol. The first-order chi connectivity index (χ1) is 20.5. The summed E-state index contributed by atoms with van der Waals surface area (Å²) in [6.07, 6.45) is 5.51. The molecule has 4 rings (SSSR count). The van der Waals surface area contributed by atoms with Gasteiger partial charge in [-0.1, -0.05) is 32.1 Å². The number of esters is 1. The van der Waals surface area contributed by atoms with E-state index in [4.69, 9.17) is 9.47 Å². The Kier molecular flexibility index (Phi) is 10.1. The standard InChI is InChI=1S/C35H44N2O6/c1-7-10-25(32(38)37-17-15-35(6,41)22-37)18-30(33(39)36(9-3)16-8-2)29-19-27(13-11-23(29)4)42-20-26-12-14-28-31(24(26)5)21-43-34(28)40/h10-14,18-19,41H,7-9,15-17,20-22H2,1-6H3/b25-10-,30-18+. The second-order valence-electron chi connectivity index (χ2n) is 11.7. The molecule has 0 radical (unpaired) electrons. The van der Waals surface area contributed by atoms with Gasteiger partial charge in [-0.2, -0.15) is 0 Å². The number of rotatable bonds is 11. The van der Waals surface area contributed by atoms with E-state index in [0.29, 0.717) is 60.5 Å². The van der Waals surface area contributed by atoms with Gasteiger partial charge < -0.3 is 24.4 Å². The molecule has 1 saturated heterocycles. The molecular weight excluding hydrogens is 544 g/mol. The fourth-order valence-electron chi connectivity index (χ4n) is 5.68. The van der Waals surface area contributed by atoms with Crippen LogP contribution in [0.1, 0.15) is 85.1 Å². The molecule has 2 aliphatic rings. The normalized spacial score (nSPS) is 18.5. The summed E-state index contributed by atoms with van der Waals surface area (Å²) in [4.78, 5) is 43.1. The third kappa shape index (κ3) is 7.19. The van der Waals surface area contributed by atoms with E-state index in [-0.39, 0.29) is 37.5 Å². The van der Waals surface area contributed by atoms with Gasteiger partial charge in [0.1, 0.15) is 19.0 Å². The highest BCUT2D eigenvalue weighted by molar-refractivity contribution is 6.21. The van der Waals surface area contributed by atoms with Crippen molar-refractivity contribution in [1.82, 2.24) is 9.80 Å².